The monoisotopic (exact) mass is 648 g/mol. The Morgan fingerprint density at radius 2 is 0.907 bits per heavy atom. The Kier molecular flexibility index (Phi) is 21.2. The van der Waals surface area contributed by atoms with Gasteiger partial charge in [0.25, 0.3) is 0 Å². The zero-order valence-corrected chi connectivity index (χ0v) is 28.4. The molecule has 2 amide bonds. The number of phenols is 2. The van der Waals surface area contributed by atoms with Gasteiger partial charge in [-0.25, -0.2) is 0 Å². The topological polar surface area (TPSA) is 179 Å². The quantitative estimate of drug-likeness (QED) is 0.130. The second-order valence-corrected chi connectivity index (χ2v) is 10.2. The second kappa shape index (κ2) is 23.1. The van der Waals surface area contributed by atoms with E-state index in [0.717, 1.165) is 38.5 Å². The van der Waals surface area contributed by atoms with E-state index >= 15 is 0 Å². The smallest absolute Gasteiger partial charge is 0.545 e. The molecule has 0 saturated carbocycles. The summed E-state index contributed by atoms with van der Waals surface area (Å²) in [5.41, 5.74) is 0.190. The SMILES string of the molecule is CCCCCCCCC(=O)Nc1ccc(C(=O)[O-])c(O)c1.CCCCCCCCC(=O)Nc1ccc(C(=O)[O-])c(O)c1.[Zn+2]. The molecule has 0 atom stereocenters. The van der Waals surface area contributed by atoms with Crippen LogP contribution in [0.25, 0.3) is 0 Å². The first kappa shape index (κ1) is 39.5. The van der Waals surface area contributed by atoms with E-state index in [2.05, 4.69) is 24.5 Å². The average molecular weight is 650 g/mol. The number of carboxylic acid groups (broad SMARTS) is 2. The van der Waals surface area contributed by atoms with E-state index in [9.17, 15) is 39.6 Å². The molecular weight excluding hydrogens is 606 g/mol. The fraction of sp³-hybridized carbons (Fsp3) is 0.500. The van der Waals surface area contributed by atoms with E-state index in [1.165, 1.54) is 74.9 Å². The minimum atomic E-state index is -1.45. The van der Waals surface area contributed by atoms with Gasteiger partial charge in [0, 0.05) is 47.5 Å². The van der Waals surface area contributed by atoms with Crippen LogP contribution in [0.3, 0.4) is 0 Å². The van der Waals surface area contributed by atoms with Gasteiger partial charge in [-0.05, 0) is 37.1 Å². The first-order valence-corrected chi connectivity index (χ1v) is 14.8. The molecule has 0 spiro atoms. The summed E-state index contributed by atoms with van der Waals surface area (Å²) in [4.78, 5) is 44.7. The van der Waals surface area contributed by atoms with Crippen LogP contribution in [0.2, 0.25) is 0 Å². The molecule has 0 bridgehead atoms. The first-order valence-electron chi connectivity index (χ1n) is 14.8. The van der Waals surface area contributed by atoms with Crippen LogP contribution in [0, 0.1) is 0 Å². The minimum Gasteiger partial charge on any atom is -0.545 e. The molecule has 0 aliphatic rings. The van der Waals surface area contributed by atoms with Gasteiger partial charge in [0.15, 0.2) is 0 Å². The van der Waals surface area contributed by atoms with E-state index in [-0.39, 0.29) is 42.4 Å². The Balaban J connectivity index is 0.000000802. The summed E-state index contributed by atoms with van der Waals surface area (Å²) in [6.45, 7) is 4.32. The number of hydrogen-bond acceptors (Lipinski definition) is 8. The van der Waals surface area contributed by atoms with Crippen molar-refractivity contribution < 1.29 is 59.1 Å². The van der Waals surface area contributed by atoms with Crippen LogP contribution in [-0.4, -0.2) is 34.0 Å². The number of nitrogens with one attached hydrogen (secondary N) is 2. The van der Waals surface area contributed by atoms with E-state index in [0.29, 0.717) is 24.2 Å². The summed E-state index contributed by atoms with van der Waals surface area (Å²) < 4.78 is 0. The number of hydrogen-bond donors (Lipinski definition) is 4. The van der Waals surface area contributed by atoms with Crippen LogP contribution >= 0.6 is 0 Å². The fourth-order valence-electron chi connectivity index (χ4n) is 4.14. The normalized spacial score (nSPS) is 10.1. The van der Waals surface area contributed by atoms with Gasteiger partial charge < -0.3 is 40.6 Å². The number of aromatic carboxylic acids is 2. The number of rotatable bonds is 18. The molecule has 0 unspecified atom stereocenters. The third-order valence-corrected chi connectivity index (χ3v) is 6.52. The average Bonchev–Trinajstić information content (AvgIpc) is 2.92. The van der Waals surface area contributed by atoms with Gasteiger partial charge >= 0.3 is 19.5 Å². The van der Waals surface area contributed by atoms with Gasteiger partial charge in [0.2, 0.25) is 11.8 Å². The summed E-state index contributed by atoms with van der Waals surface area (Å²) in [5.74, 6) is -3.98. The minimum absolute atomic E-state index is 0. The number of unbranched alkanes of at least 4 members (excludes halogenated alkanes) is 10. The van der Waals surface area contributed by atoms with Crippen molar-refractivity contribution in [2.24, 2.45) is 0 Å². The summed E-state index contributed by atoms with van der Waals surface area (Å²) in [5, 5.41) is 45.6. The van der Waals surface area contributed by atoms with Crippen LogP contribution in [0.5, 0.6) is 11.5 Å². The van der Waals surface area contributed by atoms with E-state index in [4.69, 9.17) is 0 Å². The van der Waals surface area contributed by atoms with E-state index in [1.54, 1.807) is 0 Å². The van der Waals surface area contributed by atoms with Crippen LogP contribution in [0.1, 0.15) is 124 Å². The van der Waals surface area contributed by atoms with Crippen molar-refractivity contribution in [3.63, 3.8) is 0 Å². The van der Waals surface area contributed by atoms with E-state index in [1.807, 2.05) is 0 Å². The third-order valence-electron chi connectivity index (χ3n) is 6.52. The number of amides is 2. The van der Waals surface area contributed by atoms with Gasteiger partial charge in [-0.1, -0.05) is 78.1 Å². The van der Waals surface area contributed by atoms with E-state index < -0.39 is 23.4 Å². The van der Waals surface area contributed by atoms with Crippen molar-refractivity contribution >= 4 is 35.1 Å². The first-order chi connectivity index (χ1) is 20.1. The molecule has 4 N–H and O–H groups in total. The van der Waals surface area contributed by atoms with Crippen LogP contribution in [0.15, 0.2) is 36.4 Å². The number of carbonyl (C=O) groups is 4. The molecule has 10 nitrogen and oxygen atoms in total. The molecule has 232 valence electrons. The Morgan fingerprint density at radius 1 is 0.581 bits per heavy atom. The number of benzene rings is 2. The Bertz CT molecular complexity index is 1070. The molecule has 2 rings (SSSR count). The molecular formula is C32H44N2O8Zn. The van der Waals surface area contributed by atoms with Gasteiger partial charge in [0.05, 0.1) is 11.9 Å². The third kappa shape index (κ3) is 17.3. The molecule has 2 aromatic rings. The van der Waals surface area contributed by atoms with Crippen molar-refractivity contribution in [2.75, 3.05) is 10.6 Å². The predicted octanol–water partition coefficient (Wildman–Crippen LogP) is 4.89. The number of carbonyl (C=O) groups excluding carboxylic acids is 4. The zero-order chi connectivity index (χ0) is 31.3. The Morgan fingerprint density at radius 3 is 1.21 bits per heavy atom. The molecule has 0 aliphatic carbocycles. The van der Waals surface area contributed by atoms with Crippen molar-refractivity contribution in [3.05, 3.63) is 47.5 Å². The Hall–Kier alpha value is -3.46. The Labute approximate surface area is 267 Å². The molecule has 11 heteroatoms. The number of aromatic hydroxyl groups is 2. The van der Waals surface area contributed by atoms with Gasteiger partial charge in [-0.15, -0.1) is 0 Å². The van der Waals surface area contributed by atoms with Crippen LogP contribution < -0.4 is 20.8 Å². The zero-order valence-electron chi connectivity index (χ0n) is 25.4. The fourth-order valence-corrected chi connectivity index (χ4v) is 4.14. The summed E-state index contributed by atoms with van der Waals surface area (Å²) in [7, 11) is 0. The van der Waals surface area contributed by atoms with Crippen molar-refractivity contribution in [3.8, 4) is 11.5 Å². The maximum Gasteiger partial charge on any atom is 2.00 e. The van der Waals surface area contributed by atoms with Gasteiger partial charge in [0.1, 0.15) is 11.5 Å². The number of carboxylic acids is 2. The molecule has 43 heavy (non-hydrogen) atoms. The summed E-state index contributed by atoms with van der Waals surface area (Å²) >= 11 is 0. The second-order valence-electron chi connectivity index (χ2n) is 10.2. The summed E-state index contributed by atoms with van der Waals surface area (Å²) in [6.07, 6.45) is 14.1. The molecule has 0 heterocycles. The molecule has 0 fully saturated rings. The maximum atomic E-state index is 11.7. The predicted molar refractivity (Wildman–Crippen MR) is 158 cm³/mol. The van der Waals surface area contributed by atoms with Crippen LogP contribution in [-0.2, 0) is 29.1 Å². The molecule has 2 aromatic carbocycles. The molecule has 0 aromatic heterocycles. The van der Waals surface area contributed by atoms with Gasteiger partial charge in [-0.3, -0.25) is 9.59 Å². The van der Waals surface area contributed by atoms with Gasteiger partial charge in [-0.2, -0.15) is 0 Å². The van der Waals surface area contributed by atoms with Crippen molar-refractivity contribution in [1.29, 1.82) is 0 Å². The standard InChI is InChI=1S/2C16H23NO4.Zn/c2*1-2-3-4-5-6-7-8-15(19)17-12-9-10-13(16(20)21)14(18)11-12;/h2*9-11,18H,2-8H2,1H3,(H,17,19)(H,20,21);/q;;+2/p-2. The van der Waals surface area contributed by atoms with Crippen LogP contribution in [0.4, 0.5) is 11.4 Å². The van der Waals surface area contributed by atoms with Crippen molar-refractivity contribution in [1.82, 2.24) is 0 Å². The molecule has 0 saturated heterocycles. The summed E-state index contributed by atoms with van der Waals surface area (Å²) in [6, 6.07) is 7.72. The number of anilines is 2. The maximum absolute atomic E-state index is 11.7. The van der Waals surface area contributed by atoms with Crippen molar-refractivity contribution in [2.45, 2.75) is 104 Å². The molecule has 0 aliphatic heterocycles. The largest absolute Gasteiger partial charge is 2.00 e. The molecule has 0 radical (unpaired) electrons.